The molecule has 3 rings (SSSR count). The lowest BCUT2D eigenvalue weighted by Crippen LogP contribution is -2.47. The van der Waals surface area contributed by atoms with E-state index >= 15 is 0 Å². The molecule has 0 aliphatic carbocycles. The maximum atomic E-state index is 13.7. The van der Waals surface area contributed by atoms with Crippen molar-refractivity contribution >= 4 is 12.1 Å². The lowest BCUT2D eigenvalue weighted by atomic mass is 9.87. The molecule has 0 atom stereocenters. The number of carbonyl (C=O) groups excluding carboxylic acids is 2. The molecule has 0 unspecified atom stereocenters. The van der Waals surface area contributed by atoms with Gasteiger partial charge in [0.05, 0.1) is 17.0 Å². The van der Waals surface area contributed by atoms with E-state index in [1.54, 1.807) is 11.8 Å². The fourth-order valence-electron chi connectivity index (χ4n) is 3.08. The third-order valence-electron chi connectivity index (χ3n) is 4.31. The number of piperidine rings is 1. The van der Waals surface area contributed by atoms with Gasteiger partial charge in [0.25, 0.3) is 0 Å². The highest BCUT2D eigenvalue weighted by Gasteiger charge is 2.50. The summed E-state index contributed by atoms with van der Waals surface area (Å²) in [6.45, 7) is 7.77. The van der Waals surface area contributed by atoms with Crippen molar-refractivity contribution in [2.45, 2.75) is 51.7 Å². The van der Waals surface area contributed by atoms with Crippen LogP contribution in [0.5, 0.6) is 0 Å². The van der Waals surface area contributed by atoms with Gasteiger partial charge in [-0.25, -0.2) is 19.0 Å². The molecule has 24 heavy (non-hydrogen) atoms. The fourth-order valence-corrected chi connectivity index (χ4v) is 3.08. The van der Waals surface area contributed by atoms with Gasteiger partial charge in [-0.2, -0.15) is 0 Å². The molecule has 2 aliphatic rings. The molecule has 1 aromatic heterocycles. The summed E-state index contributed by atoms with van der Waals surface area (Å²) in [7, 11) is 0. The monoisotopic (exact) mass is 336 g/mol. The van der Waals surface area contributed by atoms with E-state index in [-0.39, 0.29) is 17.4 Å². The normalized spacial score (nSPS) is 19.2. The first-order valence-corrected chi connectivity index (χ1v) is 8.00. The molecule has 0 N–H and O–H groups in total. The molecular weight excluding hydrogens is 315 g/mol. The van der Waals surface area contributed by atoms with Crippen molar-refractivity contribution in [2.75, 3.05) is 13.1 Å². The van der Waals surface area contributed by atoms with Crippen LogP contribution in [0.15, 0.2) is 6.07 Å². The summed E-state index contributed by atoms with van der Waals surface area (Å²) in [4.78, 5) is 30.1. The van der Waals surface area contributed by atoms with Crippen LogP contribution in [-0.4, -0.2) is 40.6 Å². The minimum atomic E-state index is -0.872. The van der Waals surface area contributed by atoms with Crippen LogP contribution in [0, 0.1) is 12.7 Å². The molecule has 0 aromatic carbocycles. The average Bonchev–Trinajstić information content (AvgIpc) is 2.71. The quantitative estimate of drug-likeness (QED) is 0.681. The smallest absolute Gasteiger partial charge is 0.410 e. The molecule has 1 fully saturated rings. The lowest BCUT2D eigenvalue weighted by molar-refractivity contribution is -0.0488. The molecule has 0 saturated carbocycles. The molecule has 1 aromatic rings. The van der Waals surface area contributed by atoms with E-state index in [9.17, 15) is 14.0 Å². The van der Waals surface area contributed by atoms with Gasteiger partial charge in [-0.3, -0.25) is 0 Å². The Morgan fingerprint density at radius 2 is 2.00 bits per heavy atom. The van der Waals surface area contributed by atoms with Crippen molar-refractivity contribution < 1.29 is 23.5 Å². The van der Waals surface area contributed by atoms with Crippen LogP contribution in [0.4, 0.5) is 9.18 Å². The molecule has 1 amide bonds. The summed E-state index contributed by atoms with van der Waals surface area (Å²) in [6, 6.07) is 1.19. The van der Waals surface area contributed by atoms with Gasteiger partial charge < -0.3 is 14.4 Å². The van der Waals surface area contributed by atoms with E-state index in [0.29, 0.717) is 31.6 Å². The second-order valence-electron chi connectivity index (χ2n) is 7.30. The Hall–Kier alpha value is -2.18. The van der Waals surface area contributed by atoms with Gasteiger partial charge in [-0.15, -0.1) is 0 Å². The van der Waals surface area contributed by atoms with Gasteiger partial charge in [0, 0.05) is 25.9 Å². The van der Waals surface area contributed by atoms with Crippen LogP contribution in [0.2, 0.25) is 0 Å². The van der Waals surface area contributed by atoms with Gasteiger partial charge in [0.15, 0.2) is 5.60 Å². The van der Waals surface area contributed by atoms with E-state index in [0.717, 1.165) is 0 Å². The van der Waals surface area contributed by atoms with Crippen molar-refractivity contribution in [3.63, 3.8) is 0 Å². The van der Waals surface area contributed by atoms with Gasteiger partial charge in [-0.05, 0) is 33.8 Å². The predicted molar refractivity (Wildman–Crippen MR) is 83.1 cm³/mol. The number of carbonyl (C=O) groups is 2. The van der Waals surface area contributed by atoms with Gasteiger partial charge in [0.2, 0.25) is 0 Å². The summed E-state index contributed by atoms with van der Waals surface area (Å²) in [5.41, 5.74) is -0.529. The van der Waals surface area contributed by atoms with Crippen molar-refractivity contribution in [3.05, 3.63) is 28.8 Å². The number of likely N-dealkylation sites (tertiary alicyclic amines) is 1. The third kappa shape index (κ3) is 2.83. The highest BCUT2D eigenvalue weighted by molar-refractivity contribution is 5.94. The second-order valence-corrected chi connectivity index (χ2v) is 7.30. The Kier molecular flexibility index (Phi) is 3.77. The highest BCUT2D eigenvalue weighted by Crippen LogP contribution is 2.43. The standard InChI is InChI=1S/C17H21FN2O4/c1-10-12(18)9-11-13(19-10)17(23-14(11)21)5-7-20(8-6-17)15(22)24-16(2,3)4/h9H,5-8H2,1-4H3. The molecule has 130 valence electrons. The molecule has 0 bridgehead atoms. The number of hydrogen-bond donors (Lipinski definition) is 0. The number of rotatable bonds is 0. The molecule has 1 saturated heterocycles. The minimum absolute atomic E-state index is 0.184. The fraction of sp³-hybridized carbons (Fsp3) is 0.588. The van der Waals surface area contributed by atoms with Crippen LogP contribution in [0.3, 0.4) is 0 Å². The second kappa shape index (κ2) is 5.43. The first-order chi connectivity index (χ1) is 11.1. The van der Waals surface area contributed by atoms with Crippen LogP contribution >= 0.6 is 0 Å². The number of aromatic nitrogens is 1. The topological polar surface area (TPSA) is 68.7 Å². The molecular formula is C17H21FN2O4. The van der Waals surface area contributed by atoms with Gasteiger partial charge >= 0.3 is 12.1 Å². The van der Waals surface area contributed by atoms with Gasteiger partial charge in [0.1, 0.15) is 11.4 Å². The molecule has 0 radical (unpaired) electrons. The number of amides is 1. The first-order valence-electron chi connectivity index (χ1n) is 8.00. The Labute approximate surface area is 139 Å². The Bertz CT molecular complexity index is 703. The van der Waals surface area contributed by atoms with Crippen molar-refractivity contribution in [3.8, 4) is 0 Å². The van der Waals surface area contributed by atoms with E-state index in [1.807, 2.05) is 20.8 Å². The number of fused-ring (bicyclic) bond motifs is 2. The van der Waals surface area contributed by atoms with Crippen LogP contribution in [0.25, 0.3) is 0 Å². The Balaban J connectivity index is 1.79. The minimum Gasteiger partial charge on any atom is -0.449 e. The predicted octanol–water partition coefficient (Wildman–Crippen LogP) is 2.93. The van der Waals surface area contributed by atoms with Crippen LogP contribution < -0.4 is 0 Å². The van der Waals surface area contributed by atoms with Gasteiger partial charge in [-0.1, -0.05) is 0 Å². The van der Waals surface area contributed by atoms with Crippen LogP contribution in [0.1, 0.15) is 55.4 Å². The Morgan fingerprint density at radius 3 is 2.58 bits per heavy atom. The summed E-state index contributed by atoms with van der Waals surface area (Å²) in [5, 5.41) is 0. The zero-order valence-corrected chi connectivity index (χ0v) is 14.3. The zero-order valence-electron chi connectivity index (χ0n) is 14.3. The van der Waals surface area contributed by atoms with E-state index in [1.165, 1.54) is 6.07 Å². The summed E-state index contributed by atoms with van der Waals surface area (Å²) < 4.78 is 24.6. The molecule has 7 heteroatoms. The average molecular weight is 336 g/mol. The Morgan fingerprint density at radius 1 is 1.38 bits per heavy atom. The van der Waals surface area contributed by atoms with Crippen molar-refractivity contribution in [2.24, 2.45) is 0 Å². The number of ether oxygens (including phenoxy) is 2. The zero-order chi connectivity index (χ0) is 17.7. The number of pyridine rings is 1. The SMILES string of the molecule is Cc1nc2c(cc1F)C(=O)OC21CCN(C(=O)OC(C)(C)C)CC1. The van der Waals surface area contributed by atoms with E-state index in [2.05, 4.69) is 4.98 Å². The number of hydrogen-bond acceptors (Lipinski definition) is 5. The molecule has 6 nitrogen and oxygen atoms in total. The van der Waals surface area contributed by atoms with E-state index < -0.39 is 23.0 Å². The summed E-state index contributed by atoms with van der Waals surface area (Å²) in [5.74, 6) is -1.07. The number of nitrogens with zero attached hydrogens (tertiary/aromatic N) is 2. The number of esters is 1. The summed E-state index contributed by atoms with van der Waals surface area (Å²) in [6.07, 6.45) is 0.455. The number of halogens is 1. The largest absolute Gasteiger partial charge is 0.449 e. The number of aryl methyl sites for hydroxylation is 1. The molecule has 1 spiro atoms. The third-order valence-corrected chi connectivity index (χ3v) is 4.31. The lowest BCUT2D eigenvalue weighted by Gasteiger charge is -2.38. The van der Waals surface area contributed by atoms with Crippen molar-refractivity contribution in [1.82, 2.24) is 9.88 Å². The maximum Gasteiger partial charge on any atom is 0.410 e. The molecule has 2 aliphatic heterocycles. The molecule has 3 heterocycles. The maximum absolute atomic E-state index is 13.7. The highest BCUT2D eigenvalue weighted by atomic mass is 19.1. The summed E-state index contributed by atoms with van der Waals surface area (Å²) >= 11 is 0. The van der Waals surface area contributed by atoms with Crippen LogP contribution in [-0.2, 0) is 15.1 Å². The first kappa shape index (κ1) is 16.7. The van der Waals surface area contributed by atoms with Crippen molar-refractivity contribution in [1.29, 1.82) is 0 Å². The van der Waals surface area contributed by atoms with E-state index in [4.69, 9.17) is 9.47 Å².